The van der Waals surface area contributed by atoms with E-state index in [0.717, 1.165) is 0 Å². The fourth-order valence-corrected chi connectivity index (χ4v) is 1.85. The third-order valence-electron chi connectivity index (χ3n) is 2.34. The molecule has 0 heterocycles. The molecule has 0 saturated carbocycles. The smallest absolute Gasteiger partial charge is 0.183 e. The van der Waals surface area contributed by atoms with E-state index >= 15 is 0 Å². The van der Waals surface area contributed by atoms with E-state index < -0.39 is 6.29 Å². The second-order valence-electron chi connectivity index (χ2n) is 3.62. The van der Waals surface area contributed by atoms with Crippen LogP contribution in [0.25, 0.3) is 0 Å². The van der Waals surface area contributed by atoms with Gasteiger partial charge in [-0.2, -0.15) is 0 Å². The number of methoxy groups -OCH3 is 2. The zero-order valence-electron chi connectivity index (χ0n) is 11.3. The van der Waals surface area contributed by atoms with Crippen molar-refractivity contribution in [3.63, 3.8) is 0 Å². The molecule has 0 atom stereocenters. The molecule has 0 N–H and O–H groups in total. The lowest BCUT2D eigenvalue weighted by Gasteiger charge is -2.18. The van der Waals surface area contributed by atoms with Gasteiger partial charge in [0.15, 0.2) is 17.8 Å². The zero-order valence-corrected chi connectivity index (χ0v) is 12.1. The molecule has 4 nitrogen and oxygen atoms in total. The van der Waals surface area contributed by atoms with Crippen molar-refractivity contribution in [2.45, 2.75) is 6.29 Å². The number of benzene rings is 1. The molecule has 1 aromatic rings. The monoisotopic (exact) mass is 294 g/mol. The SMILES string of the molecule is C#CCOc1cc(C(OC)OC)cc(Cl)c1OCC#C. The molecule has 0 saturated heterocycles. The van der Waals surface area contributed by atoms with E-state index in [9.17, 15) is 0 Å². The maximum atomic E-state index is 6.17. The normalized spacial score (nSPS) is 9.90. The second kappa shape index (κ2) is 8.35. The van der Waals surface area contributed by atoms with Gasteiger partial charge in [-0.1, -0.05) is 23.4 Å². The first kappa shape index (κ1) is 16.2. The Morgan fingerprint density at radius 3 is 2.25 bits per heavy atom. The van der Waals surface area contributed by atoms with Crippen LogP contribution in [0.1, 0.15) is 11.9 Å². The summed E-state index contributed by atoms with van der Waals surface area (Å²) in [7, 11) is 3.04. The van der Waals surface area contributed by atoms with Crippen LogP contribution in [0.4, 0.5) is 0 Å². The third kappa shape index (κ3) is 4.08. The Bertz CT molecular complexity index is 524. The highest BCUT2D eigenvalue weighted by Gasteiger charge is 2.17. The summed E-state index contributed by atoms with van der Waals surface area (Å²) in [6.45, 7) is 0.153. The molecule has 0 aliphatic carbocycles. The second-order valence-corrected chi connectivity index (χ2v) is 4.03. The van der Waals surface area contributed by atoms with Gasteiger partial charge in [-0.3, -0.25) is 0 Å². The fourth-order valence-electron chi connectivity index (χ4n) is 1.57. The lowest BCUT2D eigenvalue weighted by atomic mass is 10.2. The van der Waals surface area contributed by atoms with Gasteiger partial charge in [0.05, 0.1) is 5.02 Å². The molecular weight excluding hydrogens is 280 g/mol. The van der Waals surface area contributed by atoms with Crippen molar-refractivity contribution in [2.24, 2.45) is 0 Å². The average molecular weight is 295 g/mol. The minimum absolute atomic E-state index is 0.0729. The summed E-state index contributed by atoms with van der Waals surface area (Å²) in [6.07, 6.45) is 9.78. The van der Waals surface area contributed by atoms with Crippen molar-refractivity contribution in [3.8, 4) is 36.2 Å². The van der Waals surface area contributed by atoms with Gasteiger partial charge >= 0.3 is 0 Å². The molecule has 106 valence electrons. The molecule has 1 aromatic carbocycles. The lowest BCUT2D eigenvalue weighted by molar-refractivity contribution is -0.106. The minimum atomic E-state index is -0.567. The quantitative estimate of drug-likeness (QED) is 0.572. The van der Waals surface area contributed by atoms with Crippen LogP contribution in [0.5, 0.6) is 11.5 Å². The number of rotatable bonds is 7. The van der Waals surface area contributed by atoms with E-state index in [0.29, 0.717) is 22.1 Å². The van der Waals surface area contributed by atoms with Gasteiger partial charge < -0.3 is 18.9 Å². The van der Waals surface area contributed by atoms with Crippen LogP contribution in [-0.2, 0) is 9.47 Å². The largest absolute Gasteiger partial charge is 0.477 e. The summed E-state index contributed by atoms with van der Waals surface area (Å²) in [5, 5.41) is 0.337. The summed E-state index contributed by atoms with van der Waals surface area (Å²) >= 11 is 6.17. The standard InChI is InChI=1S/C15H15ClO4/c1-5-7-19-13-10-11(15(17-3)18-4)9-12(16)14(13)20-8-6-2/h1-2,9-10,15H,7-8H2,3-4H3. The molecule has 5 heteroatoms. The van der Waals surface area contributed by atoms with Gasteiger partial charge in [0.2, 0.25) is 0 Å². The van der Waals surface area contributed by atoms with Crippen LogP contribution < -0.4 is 9.47 Å². The maximum Gasteiger partial charge on any atom is 0.183 e. The molecule has 0 unspecified atom stereocenters. The van der Waals surface area contributed by atoms with Crippen molar-refractivity contribution < 1.29 is 18.9 Å². The van der Waals surface area contributed by atoms with Gasteiger partial charge in [-0.25, -0.2) is 0 Å². The van der Waals surface area contributed by atoms with Crippen molar-refractivity contribution in [1.82, 2.24) is 0 Å². The Balaban J connectivity index is 3.18. The van der Waals surface area contributed by atoms with Crippen LogP contribution in [0.2, 0.25) is 5.02 Å². The minimum Gasteiger partial charge on any atom is -0.477 e. The van der Waals surface area contributed by atoms with E-state index in [1.54, 1.807) is 12.1 Å². The zero-order chi connectivity index (χ0) is 15.0. The third-order valence-corrected chi connectivity index (χ3v) is 2.62. The molecule has 0 aliphatic heterocycles. The van der Waals surface area contributed by atoms with Crippen molar-refractivity contribution in [3.05, 3.63) is 22.7 Å². The number of terminal acetylenes is 2. The Morgan fingerprint density at radius 2 is 1.70 bits per heavy atom. The molecule has 0 spiro atoms. The van der Waals surface area contributed by atoms with E-state index in [1.807, 2.05) is 0 Å². The summed E-state index contributed by atoms with van der Waals surface area (Å²) < 4.78 is 21.1. The summed E-state index contributed by atoms with van der Waals surface area (Å²) in [5.41, 5.74) is 0.681. The van der Waals surface area contributed by atoms with Crippen LogP contribution in [0, 0.1) is 24.7 Å². The van der Waals surface area contributed by atoms with E-state index in [1.165, 1.54) is 14.2 Å². The molecule has 0 fully saturated rings. The number of ether oxygens (including phenoxy) is 4. The highest BCUT2D eigenvalue weighted by molar-refractivity contribution is 6.32. The van der Waals surface area contributed by atoms with Crippen LogP contribution in [0.3, 0.4) is 0 Å². The topological polar surface area (TPSA) is 36.9 Å². The molecule has 0 aliphatic rings. The Kier molecular flexibility index (Phi) is 6.76. The molecular formula is C15H15ClO4. The molecule has 1 rings (SSSR count). The predicted octanol–water partition coefficient (Wildman–Crippen LogP) is 2.66. The summed E-state index contributed by atoms with van der Waals surface area (Å²) in [6, 6.07) is 3.35. The van der Waals surface area contributed by atoms with Gasteiger partial charge in [0, 0.05) is 19.8 Å². The summed E-state index contributed by atoms with van der Waals surface area (Å²) in [4.78, 5) is 0. The predicted molar refractivity (Wildman–Crippen MR) is 76.9 cm³/mol. The van der Waals surface area contributed by atoms with Crippen molar-refractivity contribution in [2.75, 3.05) is 27.4 Å². The maximum absolute atomic E-state index is 6.17. The van der Waals surface area contributed by atoms with Gasteiger partial charge in [-0.15, -0.1) is 12.8 Å². The highest BCUT2D eigenvalue weighted by atomic mass is 35.5. The average Bonchev–Trinajstić information content (AvgIpc) is 2.45. The lowest BCUT2D eigenvalue weighted by Crippen LogP contribution is -2.06. The molecule has 0 aromatic heterocycles. The fraction of sp³-hybridized carbons (Fsp3) is 0.333. The van der Waals surface area contributed by atoms with Gasteiger partial charge in [0.25, 0.3) is 0 Å². The van der Waals surface area contributed by atoms with Crippen LogP contribution >= 0.6 is 11.6 Å². The summed E-state index contributed by atoms with van der Waals surface area (Å²) in [5.74, 6) is 5.46. The molecule has 20 heavy (non-hydrogen) atoms. The number of hydrogen-bond donors (Lipinski definition) is 0. The Morgan fingerprint density at radius 1 is 1.10 bits per heavy atom. The van der Waals surface area contributed by atoms with Gasteiger partial charge in [0.1, 0.15) is 13.2 Å². The Labute approximate surface area is 123 Å². The van der Waals surface area contributed by atoms with E-state index in [4.69, 9.17) is 43.4 Å². The van der Waals surface area contributed by atoms with Gasteiger partial charge in [-0.05, 0) is 12.1 Å². The van der Waals surface area contributed by atoms with Crippen LogP contribution in [-0.4, -0.2) is 27.4 Å². The highest BCUT2D eigenvalue weighted by Crippen LogP contribution is 2.38. The number of halogens is 1. The molecule has 0 radical (unpaired) electrons. The van der Waals surface area contributed by atoms with Crippen molar-refractivity contribution >= 4 is 11.6 Å². The first-order chi connectivity index (χ1) is 9.67. The molecule has 0 amide bonds. The first-order valence-corrected chi connectivity index (χ1v) is 6.07. The van der Waals surface area contributed by atoms with Crippen molar-refractivity contribution in [1.29, 1.82) is 0 Å². The van der Waals surface area contributed by atoms with E-state index in [-0.39, 0.29) is 13.2 Å². The molecule has 0 bridgehead atoms. The van der Waals surface area contributed by atoms with Crippen LogP contribution in [0.15, 0.2) is 12.1 Å². The van der Waals surface area contributed by atoms with E-state index in [2.05, 4.69) is 11.8 Å². The Hall–Kier alpha value is -1.85. The first-order valence-electron chi connectivity index (χ1n) is 5.69. The number of hydrogen-bond acceptors (Lipinski definition) is 4.